The van der Waals surface area contributed by atoms with Crippen LogP contribution in [0.1, 0.15) is 16.2 Å². The molecule has 0 spiro atoms. The Labute approximate surface area is 188 Å². The molecule has 32 heavy (non-hydrogen) atoms. The summed E-state index contributed by atoms with van der Waals surface area (Å²) in [6, 6.07) is 14.7. The highest BCUT2D eigenvalue weighted by molar-refractivity contribution is 7.13. The van der Waals surface area contributed by atoms with Gasteiger partial charge in [0.15, 0.2) is 11.5 Å². The van der Waals surface area contributed by atoms with Crippen molar-refractivity contribution in [1.29, 1.82) is 0 Å². The number of nitrogens with one attached hydrogen (secondary N) is 1. The molecule has 4 aromatic rings. The fourth-order valence-electron chi connectivity index (χ4n) is 3.45. The monoisotopic (exact) mass is 450 g/mol. The van der Waals surface area contributed by atoms with Crippen molar-refractivity contribution in [2.45, 2.75) is 6.92 Å². The number of nitrogens with zero attached hydrogens (tertiary/aromatic N) is 3. The standard InChI is InChI=1S/C23H22N4O4S/c1-14-19(23(29)27(26(14)2)15-9-6-5-7-10-15)25-21(28)17-13-32-22(24-17)16-11-8-12-18(30-3)20(16)31-4/h5-13H,1-4H3,(H,25,28). The minimum Gasteiger partial charge on any atom is -0.493 e. The van der Waals surface area contributed by atoms with Gasteiger partial charge in [-0.25, -0.2) is 9.67 Å². The molecular weight excluding hydrogens is 428 g/mol. The number of benzene rings is 2. The van der Waals surface area contributed by atoms with E-state index < -0.39 is 5.91 Å². The van der Waals surface area contributed by atoms with Gasteiger partial charge in [0.2, 0.25) is 0 Å². The first-order valence-electron chi connectivity index (χ1n) is 9.78. The van der Waals surface area contributed by atoms with Crippen molar-refractivity contribution in [1.82, 2.24) is 14.3 Å². The van der Waals surface area contributed by atoms with Gasteiger partial charge in [-0.1, -0.05) is 24.3 Å². The fraction of sp³-hybridized carbons (Fsp3) is 0.174. The second-order valence-electron chi connectivity index (χ2n) is 6.97. The molecule has 0 aliphatic carbocycles. The van der Waals surface area contributed by atoms with Gasteiger partial charge in [0.25, 0.3) is 11.5 Å². The van der Waals surface area contributed by atoms with Crippen LogP contribution in [0, 0.1) is 6.92 Å². The first-order chi connectivity index (χ1) is 15.5. The first kappa shape index (κ1) is 21.4. The number of hydrogen-bond donors (Lipinski definition) is 1. The number of amides is 1. The van der Waals surface area contributed by atoms with Gasteiger partial charge in [0, 0.05) is 12.4 Å². The van der Waals surface area contributed by atoms with Gasteiger partial charge in [-0.3, -0.25) is 14.3 Å². The van der Waals surface area contributed by atoms with Crippen molar-refractivity contribution in [3.8, 4) is 27.8 Å². The smallest absolute Gasteiger partial charge is 0.295 e. The van der Waals surface area contributed by atoms with Crippen LogP contribution in [-0.2, 0) is 7.05 Å². The maximum atomic E-state index is 13.0. The normalized spacial score (nSPS) is 10.8. The third-order valence-corrected chi connectivity index (χ3v) is 6.04. The molecule has 8 nitrogen and oxygen atoms in total. The second-order valence-corrected chi connectivity index (χ2v) is 7.83. The van der Waals surface area contributed by atoms with E-state index in [2.05, 4.69) is 10.3 Å². The van der Waals surface area contributed by atoms with E-state index in [0.29, 0.717) is 27.9 Å². The van der Waals surface area contributed by atoms with Crippen molar-refractivity contribution in [3.05, 3.63) is 75.7 Å². The Balaban J connectivity index is 1.65. The lowest BCUT2D eigenvalue weighted by Crippen LogP contribution is -2.23. The lowest BCUT2D eigenvalue weighted by molar-refractivity contribution is 0.102. The minimum atomic E-state index is -0.458. The number of methoxy groups -OCH3 is 2. The van der Waals surface area contributed by atoms with Crippen molar-refractivity contribution in [2.75, 3.05) is 19.5 Å². The Morgan fingerprint density at radius 1 is 1.06 bits per heavy atom. The predicted molar refractivity (Wildman–Crippen MR) is 124 cm³/mol. The summed E-state index contributed by atoms with van der Waals surface area (Å²) >= 11 is 1.31. The number of carbonyl (C=O) groups is 1. The zero-order valence-corrected chi connectivity index (χ0v) is 18.9. The number of aromatic nitrogens is 3. The Bertz CT molecular complexity index is 1340. The van der Waals surface area contributed by atoms with Crippen molar-refractivity contribution >= 4 is 22.9 Å². The van der Waals surface area contributed by atoms with Gasteiger partial charge in [0.05, 0.1) is 31.2 Å². The number of rotatable bonds is 6. The molecule has 4 rings (SSSR count). The molecule has 0 atom stereocenters. The van der Waals surface area contributed by atoms with E-state index in [9.17, 15) is 9.59 Å². The number of carbonyl (C=O) groups excluding carboxylic acids is 1. The van der Waals surface area contributed by atoms with Gasteiger partial charge in [-0.15, -0.1) is 11.3 Å². The Morgan fingerprint density at radius 2 is 1.81 bits per heavy atom. The number of ether oxygens (including phenoxy) is 2. The van der Waals surface area contributed by atoms with Crippen molar-refractivity contribution in [3.63, 3.8) is 0 Å². The van der Waals surface area contributed by atoms with Crippen LogP contribution in [0.3, 0.4) is 0 Å². The molecule has 0 bridgehead atoms. The molecule has 1 amide bonds. The maximum Gasteiger partial charge on any atom is 0.295 e. The molecule has 0 saturated carbocycles. The van der Waals surface area contributed by atoms with Gasteiger partial charge in [-0.2, -0.15) is 0 Å². The molecule has 9 heteroatoms. The molecule has 2 aromatic carbocycles. The van der Waals surface area contributed by atoms with Crippen LogP contribution in [0.25, 0.3) is 16.3 Å². The molecule has 1 N–H and O–H groups in total. The van der Waals surface area contributed by atoms with E-state index in [1.165, 1.54) is 16.0 Å². The lowest BCUT2D eigenvalue weighted by Gasteiger charge is -2.10. The van der Waals surface area contributed by atoms with Crippen molar-refractivity contribution in [2.24, 2.45) is 7.05 Å². The minimum absolute atomic E-state index is 0.212. The third-order valence-electron chi connectivity index (χ3n) is 5.16. The molecule has 0 radical (unpaired) electrons. The summed E-state index contributed by atoms with van der Waals surface area (Å²) < 4.78 is 14.0. The largest absolute Gasteiger partial charge is 0.493 e. The molecule has 164 valence electrons. The number of hydrogen-bond acceptors (Lipinski definition) is 6. The molecule has 0 saturated heterocycles. The molecule has 2 heterocycles. The third kappa shape index (κ3) is 3.67. The number of thiazole rings is 1. The van der Waals surface area contributed by atoms with E-state index in [0.717, 1.165) is 5.56 Å². The van der Waals surface area contributed by atoms with Gasteiger partial charge < -0.3 is 14.8 Å². The van der Waals surface area contributed by atoms with Crippen molar-refractivity contribution < 1.29 is 14.3 Å². The van der Waals surface area contributed by atoms with Crippen LogP contribution in [-0.4, -0.2) is 34.5 Å². The zero-order chi connectivity index (χ0) is 22.8. The quantitative estimate of drug-likeness (QED) is 0.482. The number of anilines is 1. The van der Waals surface area contributed by atoms with E-state index in [4.69, 9.17) is 9.47 Å². The highest BCUT2D eigenvalue weighted by Gasteiger charge is 2.21. The Morgan fingerprint density at radius 3 is 2.50 bits per heavy atom. The molecule has 0 fully saturated rings. The van der Waals surface area contributed by atoms with Crippen LogP contribution < -0.4 is 20.3 Å². The lowest BCUT2D eigenvalue weighted by atomic mass is 10.2. The SMILES string of the molecule is COc1cccc(-c2nc(C(=O)Nc3c(C)n(C)n(-c4ccccc4)c3=O)cs2)c1OC. The van der Waals surface area contributed by atoms with Gasteiger partial charge in [0.1, 0.15) is 16.4 Å². The predicted octanol–water partition coefficient (Wildman–Crippen LogP) is 3.88. The Kier molecular flexibility index (Phi) is 5.83. The summed E-state index contributed by atoms with van der Waals surface area (Å²) in [5, 5.41) is 5.00. The van der Waals surface area contributed by atoms with Crippen LogP contribution in [0.5, 0.6) is 11.5 Å². The summed E-state index contributed by atoms with van der Waals surface area (Å²) in [6.07, 6.45) is 0. The van der Waals surface area contributed by atoms with Crippen LogP contribution in [0.4, 0.5) is 5.69 Å². The summed E-state index contributed by atoms with van der Waals surface area (Å²) in [5.74, 6) is 0.661. The summed E-state index contributed by atoms with van der Waals surface area (Å²) in [5.41, 5.74) is 2.19. The molecule has 0 aliphatic heterocycles. The molecule has 0 unspecified atom stereocenters. The second kappa shape index (κ2) is 8.72. The Hall–Kier alpha value is -3.85. The molecule has 2 aromatic heterocycles. The van der Waals surface area contributed by atoms with Crippen LogP contribution in [0.2, 0.25) is 0 Å². The zero-order valence-electron chi connectivity index (χ0n) is 18.1. The van der Waals surface area contributed by atoms with Gasteiger partial charge in [-0.05, 0) is 31.2 Å². The highest BCUT2D eigenvalue weighted by Crippen LogP contribution is 2.39. The van der Waals surface area contributed by atoms with Gasteiger partial charge >= 0.3 is 0 Å². The summed E-state index contributed by atoms with van der Waals surface area (Å²) in [4.78, 5) is 30.4. The van der Waals surface area contributed by atoms with E-state index in [-0.39, 0.29) is 16.9 Å². The summed E-state index contributed by atoms with van der Waals surface area (Å²) in [6.45, 7) is 1.78. The average molecular weight is 451 g/mol. The molecular formula is C23H22N4O4S. The van der Waals surface area contributed by atoms with E-state index in [1.807, 2.05) is 42.5 Å². The topological polar surface area (TPSA) is 87.4 Å². The van der Waals surface area contributed by atoms with E-state index >= 15 is 0 Å². The molecule has 0 aliphatic rings. The summed E-state index contributed by atoms with van der Waals surface area (Å²) in [7, 11) is 4.89. The number of para-hydroxylation sites is 2. The maximum absolute atomic E-state index is 13.0. The fourth-order valence-corrected chi connectivity index (χ4v) is 4.27. The highest BCUT2D eigenvalue weighted by atomic mass is 32.1. The average Bonchev–Trinajstić information content (AvgIpc) is 3.39. The van der Waals surface area contributed by atoms with Crippen LogP contribution >= 0.6 is 11.3 Å². The van der Waals surface area contributed by atoms with E-state index in [1.54, 1.807) is 44.3 Å². The van der Waals surface area contributed by atoms with Crippen LogP contribution in [0.15, 0.2) is 58.7 Å². The first-order valence-corrected chi connectivity index (χ1v) is 10.7.